The Morgan fingerprint density at radius 1 is 1.31 bits per heavy atom. The molecule has 4 nitrogen and oxygen atoms in total. The van der Waals surface area contributed by atoms with E-state index in [1.807, 2.05) is 0 Å². The fourth-order valence-electron chi connectivity index (χ4n) is 1.19. The van der Waals surface area contributed by atoms with E-state index >= 15 is 0 Å². The lowest BCUT2D eigenvalue weighted by Crippen LogP contribution is -2.08. The van der Waals surface area contributed by atoms with Crippen LogP contribution in [0.15, 0.2) is 12.4 Å². The Kier molecular flexibility index (Phi) is 5.78. The van der Waals surface area contributed by atoms with Gasteiger partial charge in [-0.3, -0.25) is 0 Å². The van der Waals surface area contributed by atoms with Gasteiger partial charge in [0.25, 0.3) is 0 Å². The number of halogens is 1. The lowest BCUT2D eigenvalue weighted by Gasteiger charge is -2.03. The van der Waals surface area contributed by atoms with E-state index in [2.05, 4.69) is 16.9 Å². The third kappa shape index (κ3) is 4.57. The maximum absolute atomic E-state index is 11.4. The van der Waals surface area contributed by atoms with E-state index in [4.69, 9.17) is 16.3 Å². The molecule has 0 saturated carbocycles. The van der Waals surface area contributed by atoms with Crippen molar-refractivity contribution < 1.29 is 9.53 Å². The molecule has 0 radical (unpaired) electrons. The monoisotopic (exact) mass is 242 g/mol. The normalized spacial score (nSPS) is 10.1. The summed E-state index contributed by atoms with van der Waals surface area (Å²) in [7, 11) is 0. The summed E-state index contributed by atoms with van der Waals surface area (Å²) in [5, 5.41) is 0.263. The lowest BCUT2D eigenvalue weighted by atomic mass is 10.2. The van der Waals surface area contributed by atoms with E-state index in [0.717, 1.165) is 25.7 Å². The fourth-order valence-corrected chi connectivity index (χ4v) is 1.28. The van der Waals surface area contributed by atoms with Crippen molar-refractivity contribution in [1.82, 2.24) is 9.97 Å². The standard InChI is InChI=1S/C11H15ClN2O2/c1-2-3-4-5-6-16-11(15)9-7-14-10(12)8-13-9/h7-8H,2-6H2,1H3. The largest absolute Gasteiger partial charge is 0.461 e. The van der Waals surface area contributed by atoms with Crippen molar-refractivity contribution in [2.24, 2.45) is 0 Å². The van der Waals surface area contributed by atoms with Crippen LogP contribution in [0.25, 0.3) is 0 Å². The average molecular weight is 243 g/mol. The predicted molar refractivity (Wildman–Crippen MR) is 61.5 cm³/mol. The molecule has 0 atom stereocenters. The van der Waals surface area contributed by atoms with E-state index in [0.29, 0.717) is 6.61 Å². The first-order valence-electron chi connectivity index (χ1n) is 5.38. The molecule has 0 aliphatic rings. The van der Waals surface area contributed by atoms with Crippen molar-refractivity contribution in [3.63, 3.8) is 0 Å². The molecule has 0 unspecified atom stereocenters. The Hall–Kier alpha value is -1.16. The van der Waals surface area contributed by atoms with Crippen LogP contribution in [0.3, 0.4) is 0 Å². The third-order valence-electron chi connectivity index (χ3n) is 2.06. The predicted octanol–water partition coefficient (Wildman–Crippen LogP) is 2.87. The molecule has 0 aromatic carbocycles. The van der Waals surface area contributed by atoms with E-state index in [9.17, 15) is 4.79 Å². The summed E-state index contributed by atoms with van der Waals surface area (Å²) < 4.78 is 5.03. The molecule has 1 heterocycles. The highest BCUT2D eigenvalue weighted by Crippen LogP contribution is 2.04. The first-order valence-corrected chi connectivity index (χ1v) is 5.76. The van der Waals surface area contributed by atoms with Gasteiger partial charge in [0.15, 0.2) is 5.69 Å². The summed E-state index contributed by atoms with van der Waals surface area (Å²) in [6.07, 6.45) is 6.94. The van der Waals surface area contributed by atoms with Crippen molar-refractivity contribution in [3.8, 4) is 0 Å². The second-order valence-corrected chi connectivity index (χ2v) is 3.81. The van der Waals surface area contributed by atoms with Gasteiger partial charge in [0.1, 0.15) is 5.15 Å². The highest BCUT2D eigenvalue weighted by atomic mass is 35.5. The van der Waals surface area contributed by atoms with Gasteiger partial charge in [-0.05, 0) is 6.42 Å². The molecule has 5 heteroatoms. The number of carbonyl (C=O) groups is 1. The van der Waals surface area contributed by atoms with Gasteiger partial charge in [0.2, 0.25) is 0 Å². The molecule has 88 valence electrons. The number of hydrogen-bond donors (Lipinski definition) is 0. The van der Waals surface area contributed by atoms with E-state index < -0.39 is 5.97 Å². The molecular weight excluding hydrogens is 228 g/mol. The summed E-state index contributed by atoms with van der Waals surface area (Å²) in [5.41, 5.74) is 0.194. The van der Waals surface area contributed by atoms with E-state index in [1.54, 1.807) is 0 Å². The molecule has 0 saturated heterocycles. The zero-order chi connectivity index (χ0) is 11.8. The maximum atomic E-state index is 11.4. The molecule has 0 fully saturated rings. The van der Waals surface area contributed by atoms with Crippen LogP contribution in [-0.2, 0) is 4.74 Å². The Morgan fingerprint density at radius 3 is 2.75 bits per heavy atom. The lowest BCUT2D eigenvalue weighted by molar-refractivity contribution is 0.0490. The molecule has 0 amide bonds. The van der Waals surface area contributed by atoms with Crippen molar-refractivity contribution >= 4 is 17.6 Å². The van der Waals surface area contributed by atoms with Gasteiger partial charge in [0.05, 0.1) is 19.0 Å². The van der Waals surface area contributed by atoms with E-state index in [1.165, 1.54) is 12.4 Å². The van der Waals surface area contributed by atoms with Crippen molar-refractivity contribution in [2.45, 2.75) is 32.6 Å². The molecule has 0 N–H and O–H groups in total. The van der Waals surface area contributed by atoms with Gasteiger partial charge < -0.3 is 4.74 Å². The molecule has 0 bridgehead atoms. The second kappa shape index (κ2) is 7.17. The van der Waals surface area contributed by atoms with Gasteiger partial charge >= 0.3 is 5.97 Å². The smallest absolute Gasteiger partial charge is 0.358 e. The maximum Gasteiger partial charge on any atom is 0.358 e. The highest BCUT2D eigenvalue weighted by Gasteiger charge is 2.08. The fraction of sp³-hybridized carbons (Fsp3) is 0.545. The number of rotatable bonds is 6. The number of unbranched alkanes of at least 4 members (excludes halogenated alkanes) is 3. The number of nitrogens with zero attached hydrogens (tertiary/aromatic N) is 2. The van der Waals surface area contributed by atoms with Gasteiger partial charge in [-0.1, -0.05) is 37.8 Å². The average Bonchev–Trinajstić information content (AvgIpc) is 2.29. The van der Waals surface area contributed by atoms with Crippen LogP contribution in [0.2, 0.25) is 5.15 Å². The van der Waals surface area contributed by atoms with Crippen LogP contribution in [0, 0.1) is 0 Å². The molecule has 1 aromatic rings. The number of aromatic nitrogens is 2. The van der Waals surface area contributed by atoms with Crippen molar-refractivity contribution in [1.29, 1.82) is 0 Å². The van der Waals surface area contributed by atoms with Crippen LogP contribution in [-0.4, -0.2) is 22.5 Å². The third-order valence-corrected chi connectivity index (χ3v) is 2.26. The zero-order valence-electron chi connectivity index (χ0n) is 9.28. The minimum absolute atomic E-state index is 0.194. The summed E-state index contributed by atoms with van der Waals surface area (Å²) >= 11 is 5.55. The number of carbonyl (C=O) groups excluding carboxylic acids is 1. The summed E-state index contributed by atoms with van der Waals surface area (Å²) in [6, 6.07) is 0. The van der Waals surface area contributed by atoms with E-state index in [-0.39, 0.29) is 10.8 Å². The SMILES string of the molecule is CCCCCCOC(=O)c1cnc(Cl)cn1. The highest BCUT2D eigenvalue weighted by molar-refractivity contribution is 6.29. The summed E-state index contributed by atoms with van der Waals surface area (Å²) in [5.74, 6) is -0.444. The number of hydrogen-bond acceptors (Lipinski definition) is 4. The second-order valence-electron chi connectivity index (χ2n) is 3.42. The molecule has 0 spiro atoms. The number of esters is 1. The molecule has 0 aliphatic carbocycles. The number of ether oxygens (including phenoxy) is 1. The van der Waals surface area contributed by atoms with Crippen LogP contribution >= 0.6 is 11.6 Å². The molecular formula is C11H15ClN2O2. The van der Waals surface area contributed by atoms with Crippen molar-refractivity contribution in [2.75, 3.05) is 6.61 Å². The summed E-state index contributed by atoms with van der Waals surface area (Å²) in [6.45, 7) is 2.57. The minimum Gasteiger partial charge on any atom is -0.461 e. The Balaban J connectivity index is 2.27. The topological polar surface area (TPSA) is 52.1 Å². The molecule has 16 heavy (non-hydrogen) atoms. The van der Waals surface area contributed by atoms with Gasteiger partial charge in [-0.2, -0.15) is 0 Å². The zero-order valence-corrected chi connectivity index (χ0v) is 10.0. The molecule has 0 aliphatic heterocycles. The quantitative estimate of drug-likeness (QED) is 0.569. The Morgan fingerprint density at radius 2 is 2.12 bits per heavy atom. The molecule has 1 aromatic heterocycles. The van der Waals surface area contributed by atoms with Crippen LogP contribution < -0.4 is 0 Å². The molecule has 1 rings (SSSR count). The first-order chi connectivity index (χ1) is 7.74. The summed E-state index contributed by atoms with van der Waals surface area (Å²) in [4.78, 5) is 19.0. The van der Waals surface area contributed by atoms with Gasteiger partial charge in [0, 0.05) is 0 Å². The first kappa shape index (κ1) is 12.9. The van der Waals surface area contributed by atoms with Crippen LogP contribution in [0.4, 0.5) is 0 Å². The van der Waals surface area contributed by atoms with Crippen molar-refractivity contribution in [3.05, 3.63) is 23.2 Å². The van der Waals surface area contributed by atoms with Gasteiger partial charge in [-0.15, -0.1) is 0 Å². The minimum atomic E-state index is -0.444. The Labute approximate surface area is 100 Å². The van der Waals surface area contributed by atoms with Crippen LogP contribution in [0.1, 0.15) is 43.1 Å². The Bertz CT molecular complexity index is 327. The van der Waals surface area contributed by atoms with Crippen LogP contribution in [0.5, 0.6) is 0 Å². The van der Waals surface area contributed by atoms with Gasteiger partial charge in [-0.25, -0.2) is 14.8 Å².